The van der Waals surface area contributed by atoms with Gasteiger partial charge in [-0.2, -0.15) is 0 Å². The Morgan fingerprint density at radius 2 is 1.62 bits per heavy atom. The maximum Gasteiger partial charge on any atom is 0.411 e. The predicted octanol–water partition coefficient (Wildman–Crippen LogP) is 4.70. The van der Waals surface area contributed by atoms with Gasteiger partial charge in [0.1, 0.15) is 18.0 Å². The van der Waals surface area contributed by atoms with E-state index in [1.165, 1.54) is 45.9 Å². The largest absolute Gasteiger partial charge is 0.493 e. The van der Waals surface area contributed by atoms with Gasteiger partial charge in [0, 0.05) is 28.7 Å². The summed E-state index contributed by atoms with van der Waals surface area (Å²) >= 11 is 4.60. The summed E-state index contributed by atoms with van der Waals surface area (Å²) in [5.74, 6) is 0.956. The maximum absolute atomic E-state index is 13.9. The summed E-state index contributed by atoms with van der Waals surface area (Å²) in [7, 11) is 5.49. The number of fused-ring (bicyclic) bond motifs is 1. The highest BCUT2D eigenvalue weighted by atomic mass is 35.5. The number of hydrogen-bond acceptors (Lipinski definition) is 9. The highest BCUT2D eigenvalue weighted by Gasteiger charge is 2.13. The molecule has 0 saturated carbocycles. The van der Waals surface area contributed by atoms with Crippen molar-refractivity contribution < 1.29 is 32.9 Å². The summed E-state index contributed by atoms with van der Waals surface area (Å²) in [6, 6.07) is 7.65. The molecule has 0 bridgehead atoms. The molecule has 170 valence electrons. The van der Waals surface area contributed by atoms with E-state index in [9.17, 15) is 14.0 Å². The number of amides is 1. The van der Waals surface area contributed by atoms with Gasteiger partial charge in [-0.05, 0) is 24.3 Å². The second-order valence-electron chi connectivity index (χ2n) is 5.82. The van der Waals surface area contributed by atoms with Crippen molar-refractivity contribution >= 4 is 51.2 Å². The van der Waals surface area contributed by atoms with Crippen LogP contribution in [0.5, 0.6) is 11.5 Å². The highest BCUT2D eigenvalue weighted by Crippen LogP contribution is 2.34. The molecule has 0 aliphatic rings. The lowest BCUT2D eigenvalue weighted by atomic mass is 10.2. The molecule has 0 unspecified atom stereocenters. The van der Waals surface area contributed by atoms with Gasteiger partial charge < -0.3 is 24.3 Å². The van der Waals surface area contributed by atoms with E-state index in [0.29, 0.717) is 33.9 Å². The zero-order chi connectivity index (χ0) is 23.7. The van der Waals surface area contributed by atoms with Gasteiger partial charge in [0.05, 0.1) is 39.6 Å². The van der Waals surface area contributed by atoms with Crippen molar-refractivity contribution in [2.75, 3.05) is 39.1 Å². The molecule has 3 aromatic rings. The van der Waals surface area contributed by atoms with Gasteiger partial charge in [-0.3, -0.25) is 5.32 Å². The third-order valence-corrected chi connectivity index (χ3v) is 4.11. The first kappa shape index (κ1) is 24.4. The highest BCUT2D eigenvalue weighted by molar-refractivity contribution is 6.61. The minimum atomic E-state index is -0.773. The van der Waals surface area contributed by atoms with Crippen molar-refractivity contribution in [3.05, 3.63) is 42.5 Å². The van der Waals surface area contributed by atoms with Gasteiger partial charge in [0.15, 0.2) is 11.5 Å². The number of halogens is 2. The quantitative estimate of drug-likeness (QED) is 0.515. The first-order chi connectivity index (χ1) is 15.3. The molecule has 2 aromatic carbocycles. The number of carbonyl (C=O) groups excluding carboxylic acids is 2. The number of ether oxygens (including phenoxy) is 4. The maximum atomic E-state index is 13.9. The average Bonchev–Trinajstić information content (AvgIpc) is 2.80. The third-order valence-electron chi connectivity index (χ3n) is 3.95. The molecule has 0 spiro atoms. The molecule has 12 heteroatoms. The van der Waals surface area contributed by atoms with Gasteiger partial charge in [-0.25, -0.2) is 23.9 Å². The summed E-state index contributed by atoms with van der Waals surface area (Å²) < 4.78 is 32.9. The van der Waals surface area contributed by atoms with Gasteiger partial charge in [-0.15, -0.1) is 0 Å². The van der Waals surface area contributed by atoms with Crippen LogP contribution in [0.25, 0.3) is 10.9 Å². The monoisotopic (exact) mass is 466 g/mol. The lowest BCUT2D eigenvalue weighted by Crippen LogP contribution is -2.12. The molecule has 1 heterocycles. The molecule has 1 amide bonds. The predicted molar refractivity (Wildman–Crippen MR) is 117 cm³/mol. The van der Waals surface area contributed by atoms with Crippen molar-refractivity contribution in [2.24, 2.45) is 0 Å². The molecule has 32 heavy (non-hydrogen) atoms. The molecular weight excluding hydrogens is 447 g/mol. The molecule has 10 nitrogen and oxygen atoms in total. The van der Waals surface area contributed by atoms with Crippen molar-refractivity contribution in [3.63, 3.8) is 0 Å². The molecule has 3 rings (SSSR count). The van der Waals surface area contributed by atoms with Crippen LogP contribution in [0.1, 0.15) is 0 Å². The third kappa shape index (κ3) is 6.32. The smallest absolute Gasteiger partial charge is 0.411 e. The van der Waals surface area contributed by atoms with E-state index >= 15 is 0 Å². The van der Waals surface area contributed by atoms with E-state index in [2.05, 4.69) is 41.7 Å². The number of nitrogens with one attached hydrogen (secondary N) is 2. The van der Waals surface area contributed by atoms with Crippen LogP contribution in [0.2, 0.25) is 0 Å². The van der Waals surface area contributed by atoms with E-state index < -0.39 is 17.3 Å². The van der Waals surface area contributed by atoms with Crippen LogP contribution in [-0.4, -0.2) is 49.9 Å². The summed E-state index contributed by atoms with van der Waals surface area (Å²) in [5.41, 5.74) is 0.354. The van der Waals surface area contributed by atoms with Crippen molar-refractivity contribution in [1.29, 1.82) is 0 Å². The van der Waals surface area contributed by atoms with Crippen molar-refractivity contribution in [2.45, 2.75) is 0 Å². The van der Waals surface area contributed by atoms with Crippen molar-refractivity contribution in [1.82, 2.24) is 9.97 Å². The number of nitrogens with zero attached hydrogens (tertiary/aromatic N) is 2. The summed E-state index contributed by atoms with van der Waals surface area (Å²) in [5, 5.41) is 6.08. The standard InChI is InChI=1S/C18H17FN4O4.C2H3ClO2/c1-25-15-7-11-13(8-16(15)26-2)20-9-21-17(11)22-10-4-5-12(19)14(6-10)23-18(24)27-3;1-5-2(3)4/h4-9H,1-3H3,(H,23,24)(H,20,21,22);1H3. The van der Waals surface area contributed by atoms with E-state index in [4.69, 9.17) is 9.47 Å². The zero-order valence-electron chi connectivity index (χ0n) is 17.6. The second-order valence-corrected chi connectivity index (χ2v) is 6.13. The van der Waals surface area contributed by atoms with Gasteiger partial charge in [0.2, 0.25) is 0 Å². The Morgan fingerprint density at radius 1 is 0.969 bits per heavy atom. The normalized spacial score (nSPS) is 9.81. The fraction of sp³-hybridized carbons (Fsp3) is 0.200. The van der Waals surface area contributed by atoms with E-state index in [-0.39, 0.29) is 5.69 Å². The molecule has 2 N–H and O–H groups in total. The van der Waals surface area contributed by atoms with Crippen LogP contribution in [0.15, 0.2) is 36.7 Å². The molecule has 0 aliphatic heterocycles. The van der Waals surface area contributed by atoms with Crippen LogP contribution in [0.3, 0.4) is 0 Å². The number of methoxy groups -OCH3 is 4. The fourth-order valence-electron chi connectivity index (χ4n) is 2.48. The Labute approximate surface area is 187 Å². The fourth-order valence-corrected chi connectivity index (χ4v) is 2.48. The van der Waals surface area contributed by atoms with E-state index in [1.807, 2.05) is 0 Å². The minimum absolute atomic E-state index is 0.0236. The average molecular weight is 467 g/mol. The lowest BCUT2D eigenvalue weighted by molar-refractivity contribution is 0.186. The topological polar surface area (TPSA) is 121 Å². The number of aromatic nitrogens is 2. The van der Waals surface area contributed by atoms with Gasteiger partial charge >= 0.3 is 11.5 Å². The number of anilines is 3. The van der Waals surface area contributed by atoms with Crippen LogP contribution < -0.4 is 20.1 Å². The van der Waals surface area contributed by atoms with Crippen LogP contribution in [-0.2, 0) is 9.47 Å². The molecule has 0 atom stereocenters. The van der Waals surface area contributed by atoms with Crippen molar-refractivity contribution in [3.8, 4) is 11.5 Å². The summed E-state index contributed by atoms with van der Waals surface area (Å²) in [4.78, 5) is 29.2. The Kier molecular flexibility index (Phi) is 8.78. The summed E-state index contributed by atoms with van der Waals surface area (Å²) in [6.07, 6.45) is 0.628. The van der Waals surface area contributed by atoms with Crippen LogP contribution in [0, 0.1) is 5.82 Å². The Bertz CT molecular complexity index is 1110. The van der Waals surface area contributed by atoms with Gasteiger partial charge in [0.25, 0.3) is 0 Å². The SMILES string of the molecule is COC(=O)Cl.COC(=O)Nc1cc(Nc2ncnc3cc(OC)c(OC)cc23)ccc1F. The van der Waals surface area contributed by atoms with E-state index in [0.717, 1.165) is 0 Å². The summed E-state index contributed by atoms with van der Waals surface area (Å²) in [6.45, 7) is 0. The zero-order valence-corrected chi connectivity index (χ0v) is 18.3. The molecule has 0 saturated heterocycles. The number of hydrogen-bond donors (Lipinski definition) is 2. The van der Waals surface area contributed by atoms with Gasteiger partial charge in [-0.1, -0.05) is 0 Å². The molecule has 1 aromatic heterocycles. The Hall–Kier alpha value is -3.86. The number of rotatable bonds is 5. The van der Waals surface area contributed by atoms with E-state index in [1.54, 1.807) is 19.2 Å². The van der Waals surface area contributed by atoms with Crippen LogP contribution in [0.4, 0.5) is 31.2 Å². The Balaban J connectivity index is 0.000000654. The molecular formula is C20H20ClFN4O6. The first-order valence-electron chi connectivity index (χ1n) is 8.84. The molecule has 0 aliphatic carbocycles. The second kappa shape index (κ2) is 11.5. The van der Waals surface area contributed by atoms with Crippen LogP contribution >= 0.6 is 11.6 Å². The number of carbonyl (C=O) groups is 2. The molecule has 0 radical (unpaired) electrons. The number of benzene rings is 2. The first-order valence-corrected chi connectivity index (χ1v) is 9.22. The Morgan fingerprint density at radius 3 is 2.22 bits per heavy atom. The minimum Gasteiger partial charge on any atom is -0.493 e. The molecule has 0 fully saturated rings. The lowest BCUT2D eigenvalue weighted by Gasteiger charge is -2.13.